The molecule has 0 saturated carbocycles. The average molecular weight is 218 g/mol. The van der Waals surface area contributed by atoms with Crippen molar-refractivity contribution >= 4 is 5.97 Å². The number of carboxylic acids is 1. The topological polar surface area (TPSA) is 37.3 Å². The molecule has 0 spiro atoms. The van der Waals surface area contributed by atoms with Crippen LogP contribution in [0.4, 0.5) is 0 Å². The summed E-state index contributed by atoms with van der Waals surface area (Å²) in [5.41, 5.74) is 5.66. The summed E-state index contributed by atoms with van der Waals surface area (Å²) < 4.78 is 0. The molecule has 0 radical (unpaired) electrons. The van der Waals surface area contributed by atoms with Crippen LogP contribution in [-0.2, 0) is 30.5 Å². The second kappa shape index (κ2) is 4.69. The molecule has 0 unspecified atom stereocenters. The van der Waals surface area contributed by atoms with E-state index in [1.165, 1.54) is 35.1 Å². The molecule has 16 heavy (non-hydrogen) atoms. The van der Waals surface area contributed by atoms with Gasteiger partial charge >= 0.3 is 5.97 Å². The predicted molar refractivity (Wildman–Crippen MR) is 63.8 cm³/mol. The Bertz CT molecular complexity index is 407. The lowest BCUT2D eigenvalue weighted by Crippen LogP contribution is -2.02. The second-order valence-electron chi connectivity index (χ2n) is 4.44. The molecule has 2 nitrogen and oxygen atoms in total. The Balaban J connectivity index is 2.27. The minimum Gasteiger partial charge on any atom is -0.481 e. The van der Waals surface area contributed by atoms with Gasteiger partial charge in [-0.2, -0.15) is 0 Å². The van der Waals surface area contributed by atoms with E-state index < -0.39 is 5.97 Å². The van der Waals surface area contributed by atoms with Gasteiger partial charge in [0.15, 0.2) is 0 Å². The van der Waals surface area contributed by atoms with Gasteiger partial charge in [-0.1, -0.05) is 19.1 Å². The first kappa shape index (κ1) is 11.2. The van der Waals surface area contributed by atoms with E-state index >= 15 is 0 Å². The highest BCUT2D eigenvalue weighted by Gasteiger charge is 2.17. The van der Waals surface area contributed by atoms with Gasteiger partial charge in [-0.05, 0) is 54.4 Å². The summed E-state index contributed by atoms with van der Waals surface area (Å²) in [7, 11) is 0. The minimum atomic E-state index is -0.702. The molecule has 0 heterocycles. The molecule has 0 bridgehead atoms. The maximum Gasteiger partial charge on any atom is 0.303 e. The van der Waals surface area contributed by atoms with Gasteiger partial charge in [0.1, 0.15) is 0 Å². The lowest BCUT2D eigenvalue weighted by atomic mass is 9.94. The number of aryl methyl sites for hydroxylation is 2. The summed E-state index contributed by atoms with van der Waals surface area (Å²) in [6.45, 7) is 2.19. The molecule has 86 valence electrons. The van der Waals surface area contributed by atoms with Crippen LogP contribution in [0.3, 0.4) is 0 Å². The quantitative estimate of drug-likeness (QED) is 0.843. The van der Waals surface area contributed by atoms with Crippen molar-refractivity contribution in [2.75, 3.05) is 0 Å². The largest absolute Gasteiger partial charge is 0.481 e. The van der Waals surface area contributed by atoms with Gasteiger partial charge in [-0.25, -0.2) is 0 Å². The van der Waals surface area contributed by atoms with Crippen molar-refractivity contribution in [1.29, 1.82) is 0 Å². The van der Waals surface area contributed by atoms with Crippen LogP contribution in [0, 0.1) is 0 Å². The second-order valence-corrected chi connectivity index (χ2v) is 4.44. The van der Waals surface area contributed by atoms with Crippen molar-refractivity contribution in [3.63, 3.8) is 0 Å². The third kappa shape index (κ3) is 2.11. The zero-order valence-corrected chi connectivity index (χ0v) is 9.75. The van der Waals surface area contributed by atoms with E-state index in [-0.39, 0.29) is 6.42 Å². The lowest BCUT2D eigenvalue weighted by molar-refractivity contribution is -0.136. The van der Waals surface area contributed by atoms with Crippen molar-refractivity contribution in [3.05, 3.63) is 34.4 Å². The molecule has 2 heteroatoms. The summed E-state index contributed by atoms with van der Waals surface area (Å²) in [6.07, 6.45) is 5.56. The molecule has 2 rings (SSSR count). The smallest absolute Gasteiger partial charge is 0.303 e. The first-order valence-corrected chi connectivity index (χ1v) is 6.06. The molecular weight excluding hydrogens is 200 g/mol. The Kier molecular flexibility index (Phi) is 3.28. The molecule has 0 aromatic heterocycles. The molecule has 0 fully saturated rings. The van der Waals surface area contributed by atoms with Crippen LogP contribution < -0.4 is 0 Å². The zero-order valence-electron chi connectivity index (χ0n) is 9.75. The Labute approximate surface area is 96.3 Å². The van der Waals surface area contributed by atoms with Crippen molar-refractivity contribution in [3.8, 4) is 0 Å². The van der Waals surface area contributed by atoms with Gasteiger partial charge in [0.2, 0.25) is 0 Å². The van der Waals surface area contributed by atoms with Crippen molar-refractivity contribution < 1.29 is 9.90 Å². The fourth-order valence-electron chi connectivity index (χ4n) is 2.66. The van der Waals surface area contributed by atoms with E-state index in [1.54, 1.807) is 0 Å². The first-order chi connectivity index (χ1) is 7.72. The fourth-order valence-corrected chi connectivity index (χ4v) is 2.66. The summed E-state index contributed by atoms with van der Waals surface area (Å²) in [5, 5.41) is 8.72. The molecule has 1 N–H and O–H groups in total. The van der Waals surface area contributed by atoms with Gasteiger partial charge in [0.25, 0.3) is 0 Å². The Morgan fingerprint density at radius 1 is 1.25 bits per heavy atom. The number of carbonyl (C=O) groups is 1. The number of hydrogen-bond acceptors (Lipinski definition) is 1. The maximum atomic E-state index is 10.6. The van der Waals surface area contributed by atoms with Gasteiger partial charge in [0.05, 0.1) is 0 Å². The molecule has 0 amide bonds. The Morgan fingerprint density at radius 3 is 2.50 bits per heavy atom. The van der Waals surface area contributed by atoms with Crippen LogP contribution in [0.15, 0.2) is 12.1 Å². The van der Waals surface area contributed by atoms with E-state index in [4.69, 9.17) is 5.11 Å². The molecule has 1 aliphatic rings. The number of fused-ring (bicyclic) bond motifs is 1. The van der Waals surface area contributed by atoms with E-state index in [0.29, 0.717) is 6.42 Å². The summed E-state index contributed by atoms with van der Waals surface area (Å²) in [5.74, 6) is -0.702. The van der Waals surface area contributed by atoms with Crippen LogP contribution >= 0.6 is 0 Å². The Morgan fingerprint density at radius 2 is 1.88 bits per heavy atom. The molecule has 1 aliphatic carbocycles. The lowest BCUT2D eigenvalue weighted by Gasteiger charge is -2.11. The number of benzene rings is 1. The third-order valence-electron chi connectivity index (χ3n) is 3.47. The summed E-state index contributed by atoms with van der Waals surface area (Å²) >= 11 is 0. The van der Waals surface area contributed by atoms with Crippen LogP contribution in [0.25, 0.3) is 0 Å². The zero-order chi connectivity index (χ0) is 11.5. The highest BCUT2D eigenvalue weighted by Crippen LogP contribution is 2.29. The monoisotopic (exact) mass is 218 g/mol. The number of hydrogen-bond donors (Lipinski definition) is 1. The summed E-state index contributed by atoms with van der Waals surface area (Å²) in [4.78, 5) is 10.6. The Hall–Kier alpha value is -1.31. The van der Waals surface area contributed by atoms with Crippen LogP contribution in [0.1, 0.15) is 42.0 Å². The van der Waals surface area contributed by atoms with Crippen LogP contribution in [0.5, 0.6) is 0 Å². The van der Waals surface area contributed by atoms with Gasteiger partial charge in [-0.3, -0.25) is 4.79 Å². The highest BCUT2D eigenvalue weighted by molar-refractivity contribution is 5.67. The van der Waals surface area contributed by atoms with Gasteiger partial charge in [-0.15, -0.1) is 0 Å². The molecule has 1 aromatic carbocycles. The SMILES string of the molecule is CCc1ccc(CCC(=O)O)c2c1CCC2. The standard InChI is InChI=1S/C14H18O2/c1-2-10-6-7-11(8-9-14(15)16)13-5-3-4-12(10)13/h6-7H,2-5,8-9H2,1H3,(H,15,16). The van der Waals surface area contributed by atoms with Gasteiger partial charge in [0, 0.05) is 6.42 Å². The first-order valence-electron chi connectivity index (χ1n) is 6.06. The molecular formula is C14H18O2. The number of carboxylic acid groups (broad SMARTS) is 1. The average Bonchev–Trinajstić information content (AvgIpc) is 2.74. The number of rotatable bonds is 4. The van der Waals surface area contributed by atoms with E-state index in [0.717, 1.165) is 12.8 Å². The molecule has 1 aromatic rings. The van der Waals surface area contributed by atoms with Crippen molar-refractivity contribution in [1.82, 2.24) is 0 Å². The van der Waals surface area contributed by atoms with Crippen molar-refractivity contribution in [2.24, 2.45) is 0 Å². The number of aliphatic carboxylic acids is 1. The maximum absolute atomic E-state index is 10.6. The third-order valence-corrected chi connectivity index (χ3v) is 3.47. The van der Waals surface area contributed by atoms with Crippen LogP contribution in [-0.4, -0.2) is 11.1 Å². The van der Waals surface area contributed by atoms with E-state index in [1.807, 2.05) is 0 Å². The molecule has 0 atom stereocenters. The summed E-state index contributed by atoms with van der Waals surface area (Å²) in [6, 6.07) is 4.31. The van der Waals surface area contributed by atoms with E-state index in [2.05, 4.69) is 19.1 Å². The van der Waals surface area contributed by atoms with Gasteiger partial charge < -0.3 is 5.11 Å². The fraction of sp³-hybridized carbons (Fsp3) is 0.500. The highest BCUT2D eigenvalue weighted by atomic mass is 16.4. The minimum absolute atomic E-state index is 0.248. The molecule has 0 aliphatic heterocycles. The molecule has 0 saturated heterocycles. The normalized spacial score (nSPS) is 13.8. The van der Waals surface area contributed by atoms with Crippen LogP contribution in [0.2, 0.25) is 0 Å². The van der Waals surface area contributed by atoms with E-state index in [9.17, 15) is 4.79 Å². The predicted octanol–water partition coefficient (Wildman–Crippen LogP) is 2.75. The van der Waals surface area contributed by atoms with Crippen molar-refractivity contribution in [2.45, 2.75) is 45.4 Å².